The number of sulfonamides is 1. The molecule has 1 aliphatic carbocycles. The highest BCUT2D eigenvalue weighted by atomic mass is 32.2. The van der Waals surface area contributed by atoms with Gasteiger partial charge in [0.25, 0.3) is 0 Å². The fourth-order valence-corrected chi connectivity index (χ4v) is 4.06. The van der Waals surface area contributed by atoms with E-state index in [-0.39, 0.29) is 17.3 Å². The van der Waals surface area contributed by atoms with E-state index in [2.05, 4.69) is 0 Å². The molecule has 1 unspecified atom stereocenters. The van der Waals surface area contributed by atoms with Crippen LogP contribution in [-0.4, -0.2) is 42.3 Å². The Bertz CT molecular complexity index is 314. The molecule has 2 fully saturated rings. The lowest BCUT2D eigenvalue weighted by atomic mass is 9.93. The summed E-state index contributed by atoms with van der Waals surface area (Å²) in [6, 6.07) is 0. The fraction of sp³-hybridized carbons (Fsp3) is 1.00. The predicted molar refractivity (Wildman–Crippen MR) is 57.9 cm³/mol. The first-order chi connectivity index (χ1) is 7.01. The first-order valence-electron chi connectivity index (χ1n) is 5.69. The molecule has 88 valence electrons. The highest BCUT2D eigenvalue weighted by Gasteiger charge is 2.41. The van der Waals surface area contributed by atoms with Gasteiger partial charge in [0.2, 0.25) is 10.0 Å². The normalized spacial score (nSPS) is 27.9. The van der Waals surface area contributed by atoms with Gasteiger partial charge in [-0.15, -0.1) is 0 Å². The number of nitrogens with zero attached hydrogens (tertiary/aromatic N) is 1. The van der Waals surface area contributed by atoms with Crippen molar-refractivity contribution in [3.8, 4) is 0 Å². The van der Waals surface area contributed by atoms with Gasteiger partial charge in [-0.1, -0.05) is 0 Å². The minimum absolute atomic E-state index is 0.0967. The number of hydrogen-bond acceptors (Lipinski definition) is 3. The van der Waals surface area contributed by atoms with Crippen molar-refractivity contribution in [2.24, 2.45) is 5.92 Å². The van der Waals surface area contributed by atoms with E-state index in [0.717, 1.165) is 25.7 Å². The number of rotatable bonds is 3. The van der Waals surface area contributed by atoms with Crippen molar-refractivity contribution < 1.29 is 13.5 Å². The number of hydrogen-bond donors (Lipinski definition) is 1. The molecule has 0 aromatic heterocycles. The maximum atomic E-state index is 11.9. The first-order valence-corrected chi connectivity index (χ1v) is 7.19. The number of piperidine rings is 1. The van der Waals surface area contributed by atoms with Crippen LogP contribution in [-0.2, 0) is 10.0 Å². The van der Waals surface area contributed by atoms with Crippen molar-refractivity contribution in [2.45, 2.75) is 44.0 Å². The van der Waals surface area contributed by atoms with E-state index in [4.69, 9.17) is 0 Å². The molecular weight excluding hydrogens is 214 g/mol. The highest BCUT2D eigenvalue weighted by molar-refractivity contribution is 7.90. The average molecular weight is 233 g/mol. The molecule has 1 N–H and O–H groups in total. The van der Waals surface area contributed by atoms with E-state index in [1.165, 1.54) is 0 Å². The van der Waals surface area contributed by atoms with Crippen LogP contribution in [0.25, 0.3) is 0 Å². The van der Waals surface area contributed by atoms with Crippen LogP contribution in [0.4, 0.5) is 0 Å². The van der Waals surface area contributed by atoms with Crippen LogP contribution < -0.4 is 0 Å². The molecule has 0 aromatic carbocycles. The molecular formula is C10H19NO3S. The summed E-state index contributed by atoms with van der Waals surface area (Å²) >= 11 is 0. The molecule has 0 amide bonds. The van der Waals surface area contributed by atoms with Crippen molar-refractivity contribution >= 4 is 10.0 Å². The average Bonchev–Trinajstić information content (AvgIpc) is 3.01. The lowest BCUT2D eigenvalue weighted by molar-refractivity contribution is 0.0912. The third kappa shape index (κ3) is 2.34. The Labute approximate surface area is 91.3 Å². The zero-order valence-corrected chi connectivity index (χ0v) is 9.91. The van der Waals surface area contributed by atoms with Crippen LogP contribution in [0.5, 0.6) is 0 Å². The fourth-order valence-electron chi connectivity index (χ4n) is 2.19. The molecule has 5 heteroatoms. The van der Waals surface area contributed by atoms with Crippen molar-refractivity contribution in [3.05, 3.63) is 0 Å². The second-order valence-corrected chi connectivity index (χ2v) is 6.93. The van der Waals surface area contributed by atoms with Gasteiger partial charge in [0, 0.05) is 13.1 Å². The summed E-state index contributed by atoms with van der Waals surface area (Å²) < 4.78 is 25.4. The van der Waals surface area contributed by atoms with Gasteiger partial charge >= 0.3 is 0 Å². The summed E-state index contributed by atoms with van der Waals surface area (Å²) in [6.45, 7) is 2.97. The van der Waals surface area contributed by atoms with Crippen molar-refractivity contribution in [3.63, 3.8) is 0 Å². The Kier molecular flexibility index (Phi) is 3.05. The van der Waals surface area contributed by atoms with Crippen LogP contribution in [0, 0.1) is 5.92 Å². The molecule has 1 aliphatic heterocycles. The summed E-state index contributed by atoms with van der Waals surface area (Å²) in [7, 11) is -2.99. The molecule has 1 atom stereocenters. The molecule has 0 spiro atoms. The maximum Gasteiger partial charge on any atom is 0.216 e. The Morgan fingerprint density at radius 3 is 2.13 bits per heavy atom. The van der Waals surface area contributed by atoms with Crippen LogP contribution >= 0.6 is 0 Å². The Morgan fingerprint density at radius 2 is 1.73 bits per heavy atom. The number of aliphatic hydroxyl groups excluding tert-OH is 1. The first kappa shape index (κ1) is 11.4. The highest BCUT2D eigenvalue weighted by Crippen LogP contribution is 2.33. The maximum absolute atomic E-state index is 11.9. The second-order valence-electron chi connectivity index (χ2n) is 4.72. The third-order valence-corrected chi connectivity index (χ3v) is 5.89. The second kappa shape index (κ2) is 4.03. The zero-order valence-electron chi connectivity index (χ0n) is 9.09. The zero-order chi connectivity index (χ0) is 11.1. The van der Waals surface area contributed by atoms with Gasteiger partial charge in [-0.25, -0.2) is 12.7 Å². The standard InChI is InChI=1S/C10H19NO3S/c1-8(12)9-4-6-11(7-5-9)15(13,14)10-2-3-10/h8-10,12H,2-7H2,1H3. The van der Waals surface area contributed by atoms with Gasteiger partial charge in [-0.05, 0) is 38.5 Å². The van der Waals surface area contributed by atoms with Crippen molar-refractivity contribution in [2.75, 3.05) is 13.1 Å². The van der Waals surface area contributed by atoms with Crippen molar-refractivity contribution in [1.29, 1.82) is 0 Å². The minimum Gasteiger partial charge on any atom is -0.393 e. The Morgan fingerprint density at radius 1 is 1.20 bits per heavy atom. The van der Waals surface area contributed by atoms with Crippen LogP contribution in [0.3, 0.4) is 0 Å². The molecule has 1 saturated carbocycles. The van der Waals surface area contributed by atoms with E-state index >= 15 is 0 Å². The van der Waals surface area contributed by atoms with Crippen molar-refractivity contribution in [1.82, 2.24) is 4.31 Å². The van der Waals surface area contributed by atoms with Gasteiger partial charge < -0.3 is 5.11 Å². The van der Waals surface area contributed by atoms with E-state index in [9.17, 15) is 13.5 Å². The predicted octanol–water partition coefficient (Wildman–Crippen LogP) is 0.571. The van der Waals surface area contributed by atoms with E-state index < -0.39 is 10.0 Å². The van der Waals surface area contributed by atoms with E-state index in [1.54, 1.807) is 11.2 Å². The third-order valence-electron chi connectivity index (χ3n) is 3.49. The Balaban J connectivity index is 1.93. The van der Waals surface area contributed by atoms with Gasteiger partial charge in [0.05, 0.1) is 11.4 Å². The van der Waals surface area contributed by atoms with E-state index in [0.29, 0.717) is 13.1 Å². The molecule has 4 nitrogen and oxygen atoms in total. The summed E-state index contributed by atoms with van der Waals surface area (Å²) in [4.78, 5) is 0. The quantitative estimate of drug-likeness (QED) is 0.775. The topological polar surface area (TPSA) is 57.6 Å². The Hall–Kier alpha value is -0.130. The molecule has 2 rings (SSSR count). The summed E-state index contributed by atoms with van der Waals surface area (Å²) in [6.07, 6.45) is 2.95. The molecule has 0 aromatic rings. The van der Waals surface area contributed by atoms with Crippen LogP contribution in [0.1, 0.15) is 32.6 Å². The molecule has 2 aliphatic rings. The summed E-state index contributed by atoms with van der Waals surface area (Å²) in [5, 5.41) is 9.32. The smallest absolute Gasteiger partial charge is 0.216 e. The SMILES string of the molecule is CC(O)C1CCN(S(=O)(=O)C2CC2)CC1. The van der Waals surface area contributed by atoms with Gasteiger partial charge in [-0.2, -0.15) is 0 Å². The molecule has 15 heavy (non-hydrogen) atoms. The van der Waals surface area contributed by atoms with Gasteiger partial charge in [0.1, 0.15) is 0 Å². The lowest BCUT2D eigenvalue weighted by Gasteiger charge is -2.32. The monoisotopic (exact) mass is 233 g/mol. The molecule has 0 radical (unpaired) electrons. The molecule has 1 saturated heterocycles. The lowest BCUT2D eigenvalue weighted by Crippen LogP contribution is -2.42. The van der Waals surface area contributed by atoms with Gasteiger partial charge in [-0.3, -0.25) is 0 Å². The minimum atomic E-state index is -2.99. The largest absolute Gasteiger partial charge is 0.393 e. The summed E-state index contributed by atoms with van der Waals surface area (Å²) in [5.41, 5.74) is 0. The molecule has 0 bridgehead atoms. The van der Waals surface area contributed by atoms with Crippen LogP contribution in [0.15, 0.2) is 0 Å². The van der Waals surface area contributed by atoms with Crippen LogP contribution in [0.2, 0.25) is 0 Å². The molecule has 1 heterocycles. The number of aliphatic hydroxyl groups is 1. The van der Waals surface area contributed by atoms with Gasteiger partial charge in [0.15, 0.2) is 0 Å². The summed E-state index contributed by atoms with van der Waals surface area (Å²) in [5.74, 6) is 0.274. The van der Waals surface area contributed by atoms with E-state index in [1.807, 2.05) is 0 Å².